The molecule has 26 heavy (non-hydrogen) atoms. The molecule has 0 aromatic heterocycles. The standard InChI is InChI=1S/C12H20BrNO3.C6H3ClF.Y/c1-8-5-6-14(10(8)9(15)7-13)11(16)17-12(2,3)4;7-5-1-3-6(8)4-2-5;/h8,10H,5-7H2,1-4H3;1,3-4H;/q;-1;. The van der Waals surface area contributed by atoms with Gasteiger partial charge in [0.2, 0.25) is 0 Å². The molecule has 1 aliphatic rings. The van der Waals surface area contributed by atoms with Crippen molar-refractivity contribution in [1.29, 1.82) is 0 Å². The quantitative estimate of drug-likeness (QED) is 0.410. The number of rotatable bonds is 2. The summed E-state index contributed by atoms with van der Waals surface area (Å²) in [5.74, 6) is -0.0668. The molecule has 0 saturated carbocycles. The van der Waals surface area contributed by atoms with Crippen molar-refractivity contribution in [3.63, 3.8) is 0 Å². The third-order valence-electron chi connectivity index (χ3n) is 3.53. The Morgan fingerprint density at radius 1 is 1.42 bits per heavy atom. The summed E-state index contributed by atoms with van der Waals surface area (Å²) in [6, 6.07) is 6.09. The van der Waals surface area contributed by atoms with E-state index in [2.05, 4.69) is 22.0 Å². The van der Waals surface area contributed by atoms with Gasteiger partial charge in [-0.1, -0.05) is 27.9 Å². The summed E-state index contributed by atoms with van der Waals surface area (Å²) in [7, 11) is 0. The summed E-state index contributed by atoms with van der Waals surface area (Å²) in [4.78, 5) is 25.3. The van der Waals surface area contributed by atoms with Crippen LogP contribution in [0.4, 0.5) is 9.18 Å². The van der Waals surface area contributed by atoms with Crippen LogP contribution in [-0.2, 0) is 42.2 Å². The van der Waals surface area contributed by atoms with Gasteiger partial charge < -0.3 is 4.74 Å². The van der Waals surface area contributed by atoms with Crippen molar-refractivity contribution in [2.75, 3.05) is 11.9 Å². The molecular formula is C18H23BrClFNO3Y-. The molecule has 1 aromatic rings. The zero-order chi connectivity index (χ0) is 19.2. The van der Waals surface area contributed by atoms with Gasteiger partial charge in [-0.15, -0.1) is 29.8 Å². The van der Waals surface area contributed by atoms with E-state index in [0.717, 1.165) is 6.42 Å². The number of nitrogens with zero attached hydrogens (tertiary/aromatic N) is 1. The minimum atomic E-state index is -0.523. The molecule has 0 aliphatic carbocycles. The van der Waals surface area contributed by atoms with E-state index in [9.17, 15) is 14.0 Å². The van der Waals surface area contributed by atoms with Gasteiger partial charge in [0.1, 0.15) is 5.60 Å². The first kappa shape index (κ1) is 26.0. The summed E-state index contributed by atoms with van der Waals surface area (Å²) in [5.41, 5.74) is -0.523. The van der Waals surface area contributed by atoms with Crippen molar-refractivity contribution in [1.82, 2.24) is 4.90 Å². The maximum atomic E-state index is 12.0. The number of carbonyl (C=O) groups is 2. The summed E-state index contributed by atoms with van der Waals surface area (Å²) in [5, 5.41) is 0.716. The molecule has 2 unspecified atom stereocenters. The molecule has 0 N–H and O–H groups in total. The Bertz CT molecular complexity index is 574. The zero-order valence-corrected chi connectivity index (χ0v) is 20.6. The largest absolute Gasteiger partial charge is 0.444 e. The molecule has 0 spiro atoms. The van der Waals surface area contributed by atoms with Gasteiger partial charge in [-0.3, -0.25) is 14.1 Å². The van der Waals surface area contributed by atoms with Crippen LogP contribution in [0.5, 0.6) is 0 Å². The van der Waals surface area contributed by atoms with E-state index in [1.807, 2.05) is 27.7 Å². The number of hydrogen-bond acceptors (Lipinski definition) is 3. The van der Waals surface area contributed by atoms with E-state index in [0.29, 0.717) is 11.6 Å². The number of ketones is 1. The van der Waals surface area contributed by atoms with Gasteiger partial charge >= 0.3 is 6.09 Å². The van der Waals surface area contributed by atoms with Gasteiger partial charge in [0.15, 0.2) is 5.78 Å². The molecule has 1 heterocycles. The van der Waals surface area contributed by atoms with Crippen LogP contribution in [0.25, 0.3) is 0 Å². The fourth-order valence-corrected chi connectivity index (χ4v) is 2.88. The number of halogens is 3. The van der Waals surface area contributed by atoms with Gasteiger partial charge in [-0.25, -0.2) is 4.79 Å². The molecule has 1 radical (unpaired) electrons. The molecule has 1 aliphatic heterocycles. The van der Waals surface area contributed by atoms with Crippen LogP contribution in [0.15, 0.2) is 18.2 Å². The van der Waals surface area contributed by atoms with Crippen LogP contribution in [0.2, 0.25) is 5.02 Å². The maximum absolute atomic E-state index is 12.0. The van der Waals surface area contributed by atoms with Crippen molar-refractivity contribution in [3.05, 3.63) is 35.1 Å². The van der Waals surface area contributed by atoms with Crippen molar-refractivity contribution in [3.8, 4) is 0 Å². The monoisotopic (exact) mass is 523 g/mol. The predicted octanol–water partition coefficient (Wildman–Crippen LogP) is 4.87. The fourth-order valence-electron chi connectivity index (χ4n) is 2.43. The van der Waals surface area contributed by atoms with E-state index in [1.54, 1.807) is 4.90 Å². The summed E-state index contributed by atoms with van der Waals surface area (Å²) >= 11 is 8.55. The Morgan fingerprint density at radius 3 is 2.46 bits per heavy atom. The van der Waals surface area contributed by atoms with Gasteiger partial charge in [-0.2, -0.15) is 6.07 Å². The second kappa shape index (κ2) is 11.7. The van der Waals surface area contributed by atoms with E-state index in [4.69, 9.17) is 16.3 Å². The Morgan fingerprint density at radius 2 is 2.04 bits per heavy atom. The van der Waals surface area contributed by atoms with Crippen LogP contribution in [0.1, 0.15) is 34.1 Å². The number of likely N-dealkylation sites (tertiary alicyclic amines) is 1. The van der Waals surface area contributed by atoms with E-state index in [1.165, 1.54) is 18.2 Å². The summed E-state index contributed by atoms with van der Waals surface area (Å²) in [6.07, 6.45) is 0.462. The third kappa shape index (κ3) is 8.77. The van der Waals surface area contributed by atoms with E-state index >= 15 is 0 Å². The minimum absolute atomic E-state index is 0. The third-order valence-corrected chi connectivity index (χ3v) is 4.31. The van der Waals surface area contributed by atoms with Crippen LogP contribution in [0.3, 0.4) is 0 Å². The molecule has 1 saturated heterocycles. The molecule has 2 rings (SSSR count). The van der Waals surface area contributed by atoms with Crippen molar-refractivity contribution in [2.24, 2.45) is 5.92 Å². The first-order valence-corrected chi connectivity index (χ1v) is 9.46. The van der Waals surface area contributed by atoms with Crippen LogP contribution >= 0.6 is 27.5 Å². The average molecular weight is 525 g/mol. The number of carbonyl (C=O) groups excluding carboxylic acids is 2. The first-order chi connectivity index (χ1) is 11.5. The number of alkyl halides is 1. The Balaban J connectivity index is 0.000000583. The second-order valence-electron chi connectivity index (χ2n) is 6.84. The average Bonchev–Trinajstić information content (AvgIpc) is 2.90. The molecular weight excluding hydrogens is 501 g/mol. The molecule has 143 valence electrons. The van der Waals surface area contributed by atoms with Crippen molar-refractivity contribution in [2.45, 2.75) is 45.8 Å². The van der Waals surface area contributed by atoms with Crippen LogP contribution in [0, 0.1) is 17.8 Å². The minimum Gasteiger partial charge on any atom is -0.444 e. The van der Waals surface area contributed by atoms with Gasteiger partial charge in [-0.05, 0) is 33.1 Å². The van der Waals surface area contributed by atoms with Gasteiger partial charge in [0.25, 0.3) is 0 Å². The predicted molar refractivity (Wildman–Crippen MR) is 99.6 cm³/mol. The molecule has 4 nitrogen and oxygen atoms in total. The van der Waals surface area contributed by atoms with E-state index < -0.39 is 5.60 Å². The molecule has 1 aromatic carbocycles. The second-order valence-corrected chi connectivity index (χ2v) is 7.81. The molecule has 0 bridgehead atoms. The SMILES string of the molecule is CC1CCN(C(=O)OC(C)(C)C)C1C(=O)CBr.Fc1c[c-]c(Cl)cc1.[Y]. The topological polar surface area (TPSA) is 46.6 Å². The number of Topliss-reactive ketones (excluding diaryl/α,β-unsaturated/α-hetero) is 1. The number of amides is 1. The number of ether oxygens (including phenoxy) is 1. The molecule has 2 atom stereocenters. The summed E-state index contributed by atoms with van der Waals surface area (Å²) in [6.45, 7) is 8.07. The molecule has 1 amide bonds. The number of benzene rings is 1. The van der Waals surface area contributed by atoms with Crippen molar-refractivity contribution < 1.29 is 51.4 Å². The summed E-state index contributed by atoms with van der Waals surface area (Å²) < 4.78 is 17.3. The van der Waals surface area contributed by atoms with Crippen LogP contribution in [-0.4, -0.2) is 40.3 Å². The van der Waals surface area contributed by atoms with Crippen LogP contribution < -0.4 is 0 Å². The molecule has 1 fully saturated rings. The Hall–Kier alpha value is -0.0361. The Labute approximate surface area is 193 Å². The Kier molecular flexibility index (Phi) is 11.7. The van der Waals surface area contributed by atoms with E-state index in [-0.39, 0.29) is 67.7 Å². The van der Waals surface area contributed by atoms with Gasteiger partial charge in [0.05, 0.1) is 11.4 Å². The molecule has 8 heteroatoms. The first-order valence-electron chi connectivity index (χ1n) is 7.96. The normalized spacial score (nSPS) is 19.1. The van der Waals surface area contributed by atoms with Crippen molar-refractivity contribution >= 4 is 39.4 Å². The zero-order valence-electron chi connectivity index (χ0n) is 15.4. The maximum Gasteiger partial charge on any atom is 0.410 e. The number of hydrogen-bond donors (Lipinski definition) is 0. The van der Waals surface area contributed by atoms with Gasteiger partial charge in [0, 0.05) is 45.1 Å². The fraction of sp³-hybridized carbons (Fsp3) is 0.556. The smallest absolute Gasteiger partial charge is 0.410 e.